The molecule has 1 atom stereocenters. The number of nitrogens with zero attached hydrogens (tertiary/aromatic N) is 3. The highest BCUT2D eigenvalue weighted by atomic mass is 35.5. The average molecular weight is 546 g/mol. The number of aromatic nitrogens is 1. The first kappa shape index (κ1) is 25.5. The molecule has 3 N–H and O–H groups in total. The van der Waals surface area contributed by atoms with Crippen LogP contribution in [0.1, 0.15) is 56.4 Å². The van der Waals surface area contributed by atoms with E-state index in [9.17, 15) is 19.5 Å². The predicted octanol–water partition coefficient (Wildman–Crippen LogP) is 3.54. The second kappa shape index (κ2) is 10.1. The monoisotopic (exact) mass is 545 g/mol. The van der Waals surface area contributed by atoms with Crippen molar-refractivity contribution < 1.29 is 14.7 Å². The molecule has 2 amide bonds. The molecule has 2 aromatic carbocycles. The van der Waals surface area contributed by atoms with Gasteiger partial charge < -0.3 is 20.3 Å². The number of amides is 2. The van der Waals surface area contributed by atoms with Gasteiger partial charge in [0, 0.05) is 30.2 Å². The van der Waals surface area contributed by atoms with Crippen molar-refractivity contribution in [3.8, 4) is 0 Å². The van der Waals surface area contributed by atoms with Gasteiger partial charge in [0.1, 0.15) is 0 Å². The summed E-state index contributed by atoms with van der Waals surface area (Å²) >= 11 is 6.05. The molecule has 0 unspecified atom stereocenters. The van der Waals surface area contributed by atoms with Crippen molar-refractivity contribution in [3.05, 3.63) is 91.9 Å². The van der Waals surface area contributed by atoms with Crippen LogP contribution in [0.3, 0.4) is 0 Å². The van der Waals surface area contributed by atoms with Crippen LogP contribution >= 0.6 is 11.6 Å². The Morgan fingerprint density at radius 3 is 2.59 bits per heavy atom. The highest BCUT2D eigenvalue weighted by Gasteiger charge is 2.42. The van der Waals surface area contributed by atoms with Crippen LogP contribution in [0.2, 0.25) is 5.02 Å². The zero-order valence-corrected chi connectivity index (χ0v) is 22.2. The number of aromatic amines is 1. The molecule has 3 aliphatic rings. The summed E-state index contributed by atoms with van der Waals surface area (Å²) < 4.78 is 0. The molecule has 10 heteroatoms. The summed E-state index contributed by atoms with van der Waals surface area (Å²) in [7, 11) is 2.04. The molecule has 9 nitrogen and oxygen atoms in total. The number of likely N-dealkylation sites (tertiary alicyclic amines) is 1. The van der Waals surface area contributed by atoms with Gasteiger partial charge in [-0.3, -0.25) is 24.3 Å². The number of carbonyl (C=O) groups excluding carboxylic acids is 2. The van der Waals surface area contributed by atoms with Crippen molar-refractivity contribution >= 4 is 40.5 Å². The molecule has 200 valence electrons. The number of hydrogen-bond donors (Lipinski definition) is 3. The Balaban J connectivity index is 1.25. The van der Waals surface area contributed by atoms with Crippen molar-refractivity contribution in [2.45, 2.75) is 31.4 Å². The molecule has 0 saturated carbocycles. The number of aliphatic hydroxyl groups is 1. The summed E-state index contributed by atoms with van der Waals surface area (Å²) in [6.07, 6.45) is 2.57. The van der Waals surface area contributed by atoms with Gasteiger partial charge in [0.15, 0.2) is 0 Å². The highest BCUT2D eigenvalue weighted by molar-refractivity contribution is 6.30. The highest BCUT2D eigenvalue weighted by Crippen LogP contribution is 2.37. The number of anilines is 1. The Hall–Kier alpha value is -3.79. The smallest absolute Gasteiger partial charge is 0.261 e. The van der Waals surface area contributed by atoms with Gasteiger partial charge in [-0.15, -0.1) is 0 Å². The van der Waals surface area contributed by atoms with Crippen molar-refractivity contribution in [3.63, 3.8) is 0 Å². The lowest BCUT2D eigenvalue weighted by Gasteiger charge is -2.33. The van der Waals surface area contributed by atoms with E-state index in [4.69, 9.17) is 16.6 Å². The number of benzene rings is 2. The van der Waals surface area contributed by atoms with E-state index < -0.39 is 6.10 Å². The number of H-pyrrole nitrogens is 1. The molecule has 0 aliphatic carbocycles. The predicted molar refractivity (Wildman–Crippen MR) is 149 cm³/mol. The third-order valence-corrected chi connectivity index (χ3v) is 7.99. The van der Waals surface area contributed by atoms with Crippen molar-refractivity contribution in [1.82, 2.24) is 14.8 Å². The molecule has 0 radical (unpaired) electrons. The third-order valence-electron chi connectivity index (χ3n) is 7.75. The van der Waals surface area contributed by atoms with E-state index in [0.29, 0.717) is 50.8 Å². The Labute approximate surface area is 230 Å². The number of carbonyl (C=O) groups is 2. The Morgan fingerprint density at radius 2 is 1.85 bits per heavy atom. The van der Waals surface area contributed by atoms with Gasteiger partial charge in [-0.05, 0) is 74.4 Å². The zero-order valence-electron chi connectivity index (χ0n) is 21.4. The molecule has 1 fully saturated rings. The molecule has 3 aromatic rings. The van der Waals surface area contributed by atoms with E-state index >= 15 is 0 Å². The molecule has 6 rings (SSSR count). The van der Waals surface area contributed by atoms with E-state index in [2.05, 4.69) is 15.2 Å². The minimum Gasteiger partial charge on any atom is -0.387 e. The van der Waals surface area contributed by atoms with Crippen molar-refractivity contribution in [2.75, 3.05) is 32.0 Å². The van der Waals surface area contributed by atoms with E-state index in [-0.39, 0.29) is 30.0 Å². The van der Waals surface area contributed by atoms with Crippen LogP contribution in [-0.2, 0) is 6.42 Å². The third kappa shape index (κ3) is 4.67. The number of nitrogens with one attached hydrogen (secondary N) is 2. The molecule has 4 heterocycles. The van der Waals surface area contributed by atoms with Crippen LogP contribution in [0, 0.1) is 0 Å². The summed E-state index contributed by atoms with van der Waals surface area (Å²) in [5.74, 6) is -0.526. The Morgan fingerprint density at radius 1 is 1.10 bits per heavy atom. The maximum Gasteiger partial charge on any atom is 0.261 e. The summed E-state index contributed by atoms with van der Waals surface area (Å²) in [6, 6.07) is 12.0. The second-order valence-corrected chi connectivity index (χ2v) is 10.8. The lowest BCUT2D eigenvalue weighted by molar-refractivity contribution is 0.0516. The quantitative estimate of drug-likeness (QED) is 0.408. The Bertz CT molecular complexity index is 1570. The number of hydrogen-bond acceptors (Lipinski definition) is 7. The molecular weight excluding hydrogens is 518 g/mol. The fraction of sp³-hybridized carbons (Fsp3) is 0.310. The van der Waals surface area contributed by atoms with E-state index in [1.165, 1.54) is 11.1 Å². The van der Waals surface area contributed by atoms with Gasteiger partial charge >= 0.3 is 0 Å². The standard InChI is InChI=1S/C29H28ClN5O4/c1-34-9-6-19(7-10-34)35-28(38)20-12-17-13-24(33-23(17)14-21(20)29(35)39)26-22(5-8-31-27(26)37)32-15-25(36)16-3-2-4-18(30)11-16/h2-5,8,11-12,14,19,25,36H,6-7,9-10,13,15H2,1H3,(H2,31,32,37)/t25-/m1/s1. The molecular formula is C29H28ClN5O4. The van der Waals surface area contributed by atoms with Gasteiger partial charge in [0.05, 0.1) is 39.9 Å². The first-order valence-corrected chi connectivity index (χ1v) is 13.4. The van der Waals surface area contributed by atoms with Gasteiger partial charge in [-0.1, -0.05) is 23.7 Å². The first-order chi connectivity index (χ1) is 18.8. The number of fused-ring (bicyclic) bond motifs is 2. The fourth-order valence-electron chi connectivity index (χ4n) is 5.63. The molecule has 39 heavy (non-hydrogen) atoms. The van der Waals surface area contributed by atoms with Gasteiger partial charge in [0.25, 0.3) is 17.4 Å². The van der Waals surface area contributed by atoms with E-state index in [1.54, 1.807) is 42.5 Å². The SMILES string of the molecule is CN1CCC(N2C(=O)c3cc4c(cc3C2=O)N=C(c2c(NC[C@@H](O)c3cccc(Cl)c3)cc[nH]c2=O)C4)CC1. The minimum atomic E-state index is -0.842. The summed E-state index contributed by atoms with van der Waals surface area (Å²) in [6.45, 7) is 1.85. The lowest BCUT2D eigenvalue weighted by Crippen LogP contribution is -2.46. The van der Waals surface area contributed by atoms with E-state index in [0.717, 1.165) is 31.5 Å². The Kier molecular flexibility index (Phi) is 6.58. The lowest BCUT2D eigenvalue weighted by atomic mass is 10.00. The first-order valence-electron chi connectivity index (χ1n) is 13.0. The van der Waals surface area contributed by atoms with Crippen LogP contribution in [0.15, 0.2) is 58.4 Å². The zero-order chi connectivity index (χ0) is 27.3. The van der Waals surface area contributed by atoms with Crippen LogP contribution in [0.25, 0.3) is 0 Å². The maximum atomic E-state index is 13.3. The fourth-order valence-corrected chi connectivity index (χ4v) is 5.83. The number of piperidine rings is 1. The minimum absolute atomic E-state index is 0.0960. The van der Waals surface area contributed by atoms with Crippen LogP contribution in [-0.4, -0.2) is 70.1 Å². The summed E-state index contributed by atoms with van der Waals surface area (Å²) in [5.41, 5.74) is 3.90. The van der Waals surface area contributed by atoms with Crippen LogP contribution < -0.4 is 10.9 Å². The summed E-state index contributed by atoms with van der Waals surface area (Å²) in [4.78, 5) is 50.5. The number of pyridine rings is 1. The molecule has 1 aromatic heterocycles. The molecule has 0 spiro atoms. The van der Waals surface area contributed by atoms with Gasteiger partial charge in [-0.2, -0.15) is 0 Å². The number of halogens is 1. The van der Waals surface area contributed by atoms with Crippen molar-refractivity contribution in [1.29, 1.82) is 0 Å². The average Bonchev–Trinajstić information content (AvgIpc) is 3.44. The van der Waals surface area contributed by atoms with Gasteiger partial charge in [-0.25, -0.2) is 0 Å². The maximum absolute atomic E-state index is 13.3. The number of aliphatic hydroxyl groups excluding tert-OH is 1. The number of imide groups is 1. The van der Waals surface area contributed by atoms with E-state index in [1.807, 2.05) is 7.05 Å². The van der Waals surface area contributed by atoms with Gasteiger partial charge in [0.2, 0.25) is 0 Å². The number of aliphatic imine (C=N–C) groups is 1. The normalized spacial score (nSPS) is 18.2. The molecule has 0 bridgehead atoms. The topological polar surface area (TPSA) is 118 Å². The molecule has 1 saturated heterocycles. The van der Waals surface area contributed by atoms with Crippen LogP contribution in [0.4, 0.5) is 11.4 Å². The summed E-state index contributed by atoms with van der Waals surface area (Å²) in [5, 5.41) is 14.3. The number of rotatable bonds is 6. The second-order valence-electron chi connectivity index (χ2n) is 10.3. The largest absolute Gasteiger partial charge is 0.387 e. The van der Waals surface area contributed by atoms with Crippen molar-refractivity contribution in [2.24, 2.45) is 4.99 Å². The van der Waals surface area contributed by atoms with Crippen LogP contribution in [0.5, 0.6) is 0 Å². The molecule has 3 aliphatic heterocycles.